The van der Waals surface area contributed by atoms with Crippen molar-refractivity contribution in [2.45, 2.75) is 20.4 Å². The van der Waals surface area contributed by atoms with Gasteiger partial charge in [-0.25, -0.2) is 15.0 Å². The minimum Gasteiger partial charge on any atom is -0.497 e. The van der Waals surface area contributed by atoms with Crippen LogP contribution in [0.15, 0.2) is 53.5 Å². The van der Waals surface area contributed by atoms with E-state index in [4.69, 9.17) is 33.3 Å². The second-order valence-electron chi connectivity index (χ2n) is 7.04. The number of aliphatic imine (C=N–C) groups is 1. The summed E-state index contributed by atoms with van der Waals surface area (Å²) >= 11 is 11.6. The fourth-order valence-corrected chi connectivity index (χ4v) is 3.36. The Morgan fingerprint density at radius 2 is 1.76 bits per heavy atom. The lowest BCUT2D eigenvalue weighted by atomic mass is 10.2. The predicted molar refractivity (Wildman–Crippen MR) is 137 cm³/mol. The van der Waals surface area contributed by atoms with Gasteiger partial charge in [0.1, 0.15) is 11.5 Å². The summed E-state index contributed by atoms with van der Waals surface area (Å²) in [4.78, 5) is 13.5. The van der Waals surface area contributed by atoms with Crippen LogP contribution in [-0.4, -0.2) is 35.3 Å². The van der Waals surface area contributed by atoms with E-state index in [1.54, 1.807) is 32.4 Å². The Kier molecular flexibility index (Phi) is 8.39. The molecule has 0 saturated carbocycles. The van der Waals surface area contributed by atoms with Crippen molar-refractivity contribution in [3.8, 4) is 11.5 Å². The zero-order chi connectivity index (χ0) is 23.8. The topological polar surface area (TPSA) is 92.7 Å². The summed E-state index contributed by atoms with van der Waals surface area (Å²) in [6.45, 7) is 4.18. The van der Waals surface area contributed by atoms with Crippen molar-refractivity contribution in [3.05, 3.63) is 70.5 Å². The number of aryl methyl sites for hydroxylation is 2. The molecule has 10 heteroatoms. The van der Waals surface area contributed by atoms with Gasteiger partial charge in [-0.15, -0.1) is 0 Å². The minimum absolute atomic E-state index is 0.289. The van der Waals surface area contributed by atoms with E-state index in [-0.39, 0.29) is 5.11 Å². The second kappa shape index (κ2) is 11.4. The molecule has 8 nitrogen and oxygen atoms in total. The first kappa shape index (κ1) is 24.2. The SMILES string of the molecule is COc1cccc(CN=C(NC(=S)Nc2cc(Cl)ccc2OC)Nc2nc(C)cc(C)n2)c1. The van der Waals surface area contributed by atoms with E-state index in [9.17, 15) is 0 Å². The van der Waals surface area contributed by atoms with E-state index in [0.29, 0.717) is 34.9 Å². The zero-order valence-electron chi connectivity index (χ0n) is 18.8. The smallest absolute Gasteiger partial charge is 0.229 e. The zero-order valence-corrected chi connectivity index (χ0v) is 20.3. The lowest BCUT2D eigenvalue weighted by molar-refractivity contribution is 0.414. The number of aromatic nitrogens is 2. The molecule has 0 bridgehead atoms. The summed E-state index contributed by atoms with van der Waals surface area (Å²) < 4.78 is 10.7. The largest absolute Gasteiger partial charge is 0.497 e. The summed E-state index contributed by atoms with van der Waals surface area (Å²) in [7, 11) is 3.20. The molecule has 172 valence electrons. The maximum atomic E-state index is 6.12. The lowest BCUT2D eigenvalue weighted by Gasteiger charge is -2.16. The highest BCUT2D eigenvalue weighted by Gasteiger charge is 2.10. The molecule has 0 fully saturated rings. The predicted octanol–water partition coefficient (Wildman–Crippen LogP) is 4.72. The van der Waals surface area contributed by atoms with Crippen LogP contribution >= 0.6 is 23.8 Å². The monoisotopic (exact) mass is 484 g/mol. The van der Waals surface area contributed by atoms with Crippen molar-refractivity contribution in [1.29, 1.82) is 0 Å². The molecule has 0 spiro atoms. The number of rotatable bonds is 6. The van der Waals surface area contributed by atoms with Crippen molar-refractivity contribution < 1.29 is 9.47 Å². The van der Waals surface area contributed by atoms with E-state index >= 15 is 0 Å². The van der Waals surface area contributed by atoms with Gasteiger partial charge in [-0.1, -0.05) is 23.7 Å². The van der Waals surface area contributed by atoms with E-state index < -0.39 is 0 Å². The molecule has 0 atom stereocenters. The number of methoxy groups -OCH3 is 2. The van der Waals surface area contributed by atoms with Crippen LogP contribution in [0.4, 0.5) is 11.6 Å². The Morgan fingerprint density at radius 3 is 2.45 bits per heavy atom. The molecular weight excluding hydrogens is 460 g/mol. The Hall–Kier alpha value is -3.43. The van der Waals surface area contributed by atoms with Crippen LogP contribution in [-0.2, 0) is 6.54 Å². The number of halogens is 1. The van der Waals surface area contributed by atoms with Gasteiger partial charge >= 0.3 is 0 Å². The van der Waals surface area contributed by atoms with Gasteiger partial charge in [0.2, 0.25) is 11.9 Å². The number of hydrogen-bond acceptors (Lipinski definition) is 6. The summed E-state index contributed by atoms with van der Waals surface area (Å²) in [5.74, 6) is 2.14. The summed E-state index contributed by atoms with van der Waals surface area (Å²) in [6, 6.07) is 14.8. The van der Waals surface area contributed by atoms with Gasteiger partial charge in [0.15, 0.2) is 5.11 Å². The third kappa shape index (κ3) is 7.30. The van der Waals surface area contributed by atoms with Gasteiger partial charge in [0.25, 0.3) is 0 Å². The molecule has 1 aromatic heterocycles. The molecule has 0 aliphatic carbocycles. The summed E-state index contributed by atoms with van der Waals surface area (Å²) in [5, 5.41) is 10.1. The number of ether oxygens (including phenoxy) is 2. The first-order valence-electron chi connectivity index (χ1n) is 10.0. The molecule has 33 heavy (non-hydrogen) atoms. The highest BCUT2D eigenvalue weighted by molar-refractivity contribution is 7.80. The summed E-state index contributed by atoms with van der Waals surface area (Å²) in [6.07, 6.45) is 0. The van der Waals surface area contributed by atoms with Crippen molar-refractivity contribution in [3.63, 3.8) is 0 Å². The first-order valence-corrected chi connectivity index (χ1v) is 10.8. The van der Waals surface area contributed by atoms with Crippen LogP contribution in [0.25, 0.3) is 0 Å². The van der Waals surface area contributed by atoms with E-state index in [1.165, 1.54) is 0 Å². The molecule has 0 amide bonds. The van der Waals surface area contributed by atoms with Crippen LogP contribution < -0.4 is 25.4 Å². The number of nitrogens with zero attached hydrogens (tertiary/aromatic N) is 3. The maximum Gasteiger partial charge on any atom is 0.229 e. The number of benzene rings is 2. The van der Waals surface area contributed by atoms with E-state index in [1.807, 2.05) is 44.2 Å². The third-order valence-electron chi connectivity index (χ3n) is 4.41. The van der Waals surface area contributed by atoms with E-state index in [2.05, 4.69) is 30.9 Å². The maximum absolute atomic E-state index is 6.12. The van der Waals surface area contributed by atoms with Crippen LogP contribution in [0.1, 0.15) is 17.0 Å². The van der Waals surface area contributed by atoms with Gasteiger partial charge in [-0.3, -0.25) is 5.32 Å². The van der Waals surface area contributed by atoms with Crippen molar-refractivity contribution in [1.82, 2.24) is 15.3 Å². The molecule has 0 radical (unpaired) electrons. The fourth-order valence-electron chi connectivity index (χ4n) is 2.98. The second-order valence-corrected chi connectivity index (χ2v) is 7.88. The molecule has 0 aliphatic heterocycles. The van der Waals surface area contributed by atoms with Crippen LogP contribution in [0.5, 0.6) is 11.5 Å². The van der Waals surface area contributed by atoms with Crippen molar-refractivity contribution in [2.24, 2.45) is 4.99 Å². The first-order chi connectivity index (χ1) is 15.9. The Bertz CT molecular complexity index is 1150. The highest BCUT2D eigenvalue weighted by Crippen LogP contribution is 2.27. The molecule has 0 unspecified atom stereocenters. The Labute approximate surface area is 203 Å². The normalized spacial score (nSPS) is 11.0. The number of anilines is 2. The number of hydrogen-bond donors (Lipinski definition) is 3. The van der Waals surface area contributed by atoms with Gasteiger partial charge < -0.3 is 20.1 Å². The molecule has 0 saturated heterocycles. The summed E-state index contributed by atoms with van der Waals surface area (Å²) in [5.41, 5.74) is 3.26. The van der Waals surface area contributed by atoms with Crippen molar-refractivity contribution >= 4 is 46.5 Å². The molecule has 0 aliphatic rings. The molecule has 2 aromatic carbocycles. The standard InChI is InChI=1S/C23H25ClN6O2S/c1-14-10-15(2)27-22(26-14)29-21(25-13-16-6-5-7-18(11-16)31-3)30-23(33)28-19-12-17(24)8-9-20(19)32-4/h5-12H,13H2,1-4H3,(H3,25,26,27,28,29,30,33). The van der Waals surface area contributed by atoms with Gasteiger partial charge in [0.05, 0.1) is 26.5 Å². The van der Waals surface area contributed by atoms with E-state index in [0.717, 1.165) is 22.7 Å². The number of thiocarbonyl (C=S) groups is 1. The molecule has 1 heterocycles. The number of guanidine groups is 1. The van der Waals surface area contributed by atoms with Gasteiger partial charge in [-0.05, 0) is 68.0 Å². The van der Waals surface area contributed by atoms with Crippen LogP contribution in [0, 0.1) is 13.8 Å². The van der Waals surface area contributed by atoms with Crippen molar-refractivity contribution in [2.75, 3.05) is 24.9 Å². The molecule has 3 aromatic rings. The van der Waals surface area contributed by atoms with Crippen LogP contribution in [0.3, 0.4) is 0 Å². The quantitative estimate of drug-likeness (QED) is 0.263. The van der Waals surface area contributed by atoms with Gasteiger partial charge in [0, 0.05) is 16.4 Å². The Morgan fingerprint density at radius 1 is 1.00 bits per heavy atom. The highest BCUT2D eigenvalue weighted by atomic mass is 35.5. The average molecular weight is 485 g/mol. The fraction of sp³-hybridized carbons (Fsp3) is 0.217. The number of nitrogens with one attached hydrogen (secondary N) is 3. The third-order valence-corrected chi connectivity index (χ3v) is 4.85. The van der Waals surface area contributed by atoms with Crippen LogP contribution in [0.2, 0.25) is 5.02 Å². The van der Waals surface area contributed by atoms with Gasteiger partial charge in [-0.2, -0.15) is 0 Å². The molecule has 3 N–H and O–H groups in total. The molecular formula is C23H25ClN6O2S. The lowest BCUT2D eigenvalue weighted by Crippen LogP contribution is -2.39. The Balaban J connectivity index is 1.82. The molecule has 3 rings (SSSR count). The average Bonchev–Trinajstić information content (AvgIpc) is 2.77. The minimum atomic E-state index is 0.289.